The van der Waals surface area contributed by atoms with Crippen molar-refractivity contribution in [1.82, 2.24) is 0 Å². The highest BCUT2D eigenvalue weighted by Gasteiger charge is 2.49. The van der Waals surface area contributed by atoms with Gasteiger partial charge in [0, 0.05) is 5.92 Å². The SMILES string of the molecule is Nc1ccccc1N(CC(=O)O)C(=O)C1CC2CC2C1. The van der Waals surface area contributed by atoms with E-state index in [1.807, 2.05) is 0 Å². The molecule has 0 heterocycles. The third-order valence-corrected chi connectivity index (χ3v) is 4.38. The minimum atomic E-state index is -1.02. The van der Waals surface area contributed by atoms with Gasteiger partial charge in [0.25, 0.3) is 0 Å². The number of hydrogen-bond donors (Lipinski definition) is 2. The van der Waals surface area contributed by atoms with Crippen LogP contribution in [-0.2, 0) is 9.59 Å². The Hall–Kier alpha value is -2.04. The van der Waals surface area contributed by atoms with E-state index in [0.717, 1.165) is 12.8 Å². The van der Waals surface area contributed by atoms with Crippen LogP contribution in [0.5, 0.6) is 0 Å². The summed E-state index contributed by atoms with van der Waals surface area (Å²) in [6.45, 7) is -0.334. The van der Waals surface area contributed by atoms with E-state index in [0.29, 0.717) is 23.2 Å². The number of carbonyl (C=O) groups excluding carboxylic acids is 1. The van der Waals surface area contributed by atoms with Gasteiger partial charge in [0.05, 0.1) is 11.4 Å². The van der Waals surface area contributed by atoms with Crippen molar-refractivity contribution < 1.29 is 14.7 Å². The average molecular weight is 274 g/mol. The molecule has 2 aliphatic carbocycles. The van der Waals surface area contributed by atoms with Gasteiger partial charge in [-0.3, -0.25) is 14.5 Å². The number of benzene rings is 1. The van der Waals surface area contributed by atoms with E-state index >= 15 is 0 Å². The number of amides is 1. The van der Waals surface area contributed by atoms with E-state index in [9.17, 15) is 9.59 Å². The van der Waals surface area contributed by atoms with Crippen molar-refractivity contribution in [2.45, 2.75) is 19.3 Å². The van der Waals surface area contributed by atoms with Crippen molar-refractivity contribution in [3.63, 3.8) is 0 Å². The summed E-state index contributed by atoms with van der Waals surface area (Å²) in [6, 6.07) is 6.92. The number of carboxylic acids is 1. The molecule has 106 valence electrons. The maximum absolute atomic E-state index is 12.6. The standard InChI is InChI=1S/C15H18N2O3/c16-12-3-1-2-4-13(12)17(8-14(18)19)15(20)11-6-9-5-10(9)7-11/h1-4,9-11H,5-8,16H2,(H,18,19). The number of rotatable bonds is 4. The fourth-order valence-electron chi connectivity index (χ4n) is 3.29. The van der Waals surface area contributed by atoms with E-state index in [1.54, 1.807) is 24.3 Å². The van der Waals surface area contributed by atoms with Gasteiger partial charge in [-0.15, -0.1) is 0 Å². The Morgan fingerprint density at radius 3 is 2.45 bits per heavy atom. The molecule has 0 spiro atoms. The number of hydrogen-bond acceptors (Lipinski definition) is 3. The number of fused-ring (bicyclic) bond motifs is 1. The zero-order chi connectivity index (χ0) is 14.3. The predicted octanol–water partition coefficient (Wildman–Crippen LogP) is 1.73. The summed E-state index contributed by atoms with van der Waals surface area (Å²) in [7, 11) is 0. The Bertz CT molecular complexity index is 548. The molecule has 1 aromatic rings. The number of anilines is 2. The summed E-state index contributed by atoms with van der Waals surface area (Å²) in [5.41, 5.74) is 6.82. The molecule has 0 aliphatic heterocycles. The van der Waals surface area contributed by atoms with Gasteiger partial charge < -0.3 is 10.8 Å². The smallest absolute Gasteiger partial charge is 0.323 e. The number of nitrogen functional groups attached to an aromatic ring is 1. The fraction of sp³-hybridized carbons (Fsp3) is 0.467. The second-order valence-electron chi connectivity index (χ2n) is 5.80. The van der Waals surface area contributed by atoms with Gasteiger partial charge in [-0.25, -0.2) is 0 Å². The Labute approximate surface area is 117 Å². The van der Waals surface area contributed by atoms with Crippen LogP contribution in [0.3, 0.4) is 0 Å². The third kappa shape index (κ3) is 2.35. The number of carbonyl (C=O) groups is 2. The maximum atomic E-state index is 12.6. The first-order chi connectivity index (χ1) is 9.56. The zero-order valence-corrected chi connectivity index (χ0v) is 11.2. The van der Waals surface area contributed by atoms with E-state index in [-0.39, 0.29) is 18.4 Å². The Morgan fingerprint density at radius 2 is 1.85 bits per heavy atom. The third-order valence-electron chi connectivity index (χ3n) is 4.38. The molecule has 5 nitrogen and oxygen atoms in total. The van der Waals surface area contributed by atoms with Gasteiger partial charge in [0.1, 0.15) is 6.54 Å². The minimum Gasteiger partial charge on any atom is -0.480 e. The molecule has 2 fully saturated rings. The van der Waals surface area contributed by atoms with Crippen LogP contribution in [0, 0.1) is 17.8 Å². The number of nitrogens with two attached hydrogens (primary N) is 1. The van der Waals surface area contributed by atoms with Crippen molar-refractivity contribution >= 4 is 23.3 Å². The molecular formula is C15H18N2O3. The van der Waals surface area contributed by atoms with E-state index in [1.165, 1.54) is 11.3 Å². The molecule has 1 aromatic carbocycles. The van der Waals surface area contributed by atoms with Crippen molar-refractivity contribution in [2.75, 3.05) is 17.2 Å². The largest absolute Gasteiger partial charge is 0.480 e. The van der Waals surface area contributed by atoms with Crippen LogP contribution < -0.4 is 10.6 Å². The number of para-hydroxylation sites is 2. The lowest BCUT2D eigenvalue weighted by Gasteiger charge is -2.25. The summed E-state index contributed by atoms with van der Waals surface area (Å²) in [5, 5.41) is 9.05. The molecule has 0 aromatic heterocycles. The summed E-state index contributed by atoms with van der Waals surface area (Å²) in [6.07, 6.45) is 3.02. The lowest BCUT2D eigenvalue weighted by molar-refractivity contribution is -0.137. The minimum absolute atomic E-state index is 0.0438. The van der Waals surface area contributed by atoms with Crippen molar-refractivity contribution in [3.05, 3.63) is 24.3 Å². The van der Waals surface area contributed by atoms with Gasteiger partial charge in [0.15, 0.2) is 0 Å². The Balaban J connectivity index is 1.84. The van der Waals surface area contributed by atoms with Crippen molar-refractivity contribution in [1.29, 1.82) is 0 Å². The van der Waals surface area contributed by atoms with Crippen LogP contribution in [0.2, 0.25) is 0 Å². The molecule has 3 N–H and O–H groups in total. The Morgan fingerprint density at radius 1 is 1.20 bits per heavy atom. The van der Waals surface area contributed by atoms with Crippen LogP contribution in [0.15, 0.2) is 24.3 Å². The highest BCUT2D eigenvalue weighted by atomic mass is 16.4. The molecule has 2 saturated carbocycles. The van der Waals surface area contributed by atoms with E-state index in [2.05, 4.69) is 0 Å². The average Bonchev–Trinajstić information content (AvgIpc) is 3.02. The molecular weight excluding hydrogens is 256 g/mol. The van der Waals surface area contributed by atoms with Crippen LogP contribution in [0.4, 0.5) is 11.4 Å². The van der Waals surface area contributed by atoms with Gasteiger partial charge in [-0.05, 0) is 43.2 Å². The fourth-order valence-corrected chi connectivity index (χ4v) is 3.29. The molecule has 2 unspecified atom stereocenters. The number of aliphatic carboxylic acids is 1. The second-order valence-corrected chi connectivity index (χ2v) is 5.80. The summed E-state index contributed by atoms with van der Waals surface area (Å²) in [5.74, 6) is 0.201. The first-order valence-electron chi connectivity index (χ1n) is 6.94. The van der Waals surface area contributed by atoms with Crippen molar-refractivity contribution in [2.24, 2.45) is 17.8 Å². The molecule has 2 atom stereocenters. The summed E-state index contributed by atoms with van der Waals surface area (Å²) < 4.78 is 0. The quantitative estimate of drug-likeness (QED) is 0.819. The maximum Gasteiger partial charge on any atom is 0.323 e. The molecule has 1 amide bonds. The van der Waals surface area contributed by atoms with Crippen LogP contribution in [-0.4, -0.2) is 23.5 Å². The zero-order valence-electron chi connectivity index (χ0n) is 11.2. The Kier molecular flexibility index (Phi) is 3.12. The van der Waals surface area contributed by atoms with Crippen molar-refractivity contribution in [3.8, 4) is 0 Å². The van der Waals surface area contributed by atoms with Gasteiger partial charge >= 0.3 is 5.97 Å². The first kappa shape index (κ1) is 13.0. The van der Waals surface area contributed by atoms with Crippen LogP contribution in [0.1, 0.15) is 19.3 Å². The monoisotopic (exact) mass is 274 g/mol. The van der Waals surface area contributed by atoms with Crippen LogP contribution in [0.25, 0.3) is 0 Å². The lowest BCUT2D eigenvalue weighted by Crippen LogP contribution is -2.40. The molecule has 2 aliphatic rings. The van der Waals surface area contributed by atoms with E-state index < -0.39 is 5.97 Å². The van der Waals surface area contributed by atoms with Gasteiger partial charge in [0.2, 0.25) is 5.91 Å². The lowest BCUT2D eigenvalue weighted by atomic mass is 10.0. The highest BCUT2D eigenvalue weighted by molar-refractivity contribution is 6.01. The molecule has 3 rings (SSSR count). The highest BCUT2D eigenvalue weighted by Crippen LogP contribution is 2.54. The summed E-state index contributed by atoms with van der Waals surface area (Å²) >= 11 is 0. The first-order valence-corrected chi connectivity index (χ1v) is 6.94. The molecule has 5 heteroatoms. The summed E-state index contributed by atoms with van der Waals surface area (Å²) in [4.78, 5) is 25.0. The van der Waals surface area contributed by atoms with Crippen LogP contribution >= 0.6 is 0 Å². The molecule has 0 radical (unpaired) electrons. The topological polar surface area (TPSA) is 83.6 Å². The second kappa shape index (κ2) is 4.81. The predicted molar refractivity (Wildman–Crippen MR) is 75.2 cm³/mol. The number of nitrogens with zero attached hydrogens (tertiary/aromatic N) is 1. The van der Waals surface area contributed by atoms with Gasteiger partial charge in [-0.2, -0.15) is 0 Å². The number of carboxylic acid groups (broad SMARTS) is 1. The molecule has 0 saturated heterocycles. The van der Waals surface area contributed by atoms with Gasteiger partial charge in [-0.1, -0.05) is 12.1 Å². The molecule has 0 bridgehead atoms. The normalized spacial score (nSPS) is 26.9. The molecule has 20 heavy (non-hydrogen) atoms. The van der Waals surface area contributed by atoms with E-state index in [4.69, 9.17) is 10.8 Å².